The SMILES string of the molecule is CCn1c(S[C@H](C)C(=O)Nc2cc(F)ccc2F)nnc1-c1ccccc1C. The van der Waals surface area contributed by atoms with E-state index in [1.165, 1.54) is 11.8 Å². The van der Waals surface area contributed by atoms with Crippen molar-refractivity contribution >= 4 is 23.4 Å². The summed E-state index contributed by atoms with van der Waals surface area (Å²) in [6.45, 7) is 6.29. The highest BCUT2D eigenvalue weighted by Gasteiger charge is 2.21. The van der Waals surface area contributed by atoms with Crippen LogP contribution in [-0.4, -0.2) is 25.9 Å². The number of amides is 1. The van der Waals surface area contributed by atoms with Gasteiger partial charge in [0.25, 0.3) is 0 Å². The van der Waals surface area contributed by atoms with Crippen LogP contribution >= 0.6 is 11.8 Å². The molecule has 3 aromatic rings. The van der Waals surface area contributed by atoms with Gasteiger partial charge in [0.15, 0.2) is 11.0 Å². The van der Waals surface area contributed by atoms with Gasteiger partial charge < -0.3 is 9.88 Å². The Hall–Kier alpha value is -2.74. The summed E-state index contributed by atoms with van der Waals surface area (Å²) in [4.78, 5) is 12.4. The number of thioether (sulfide) groups is 1. The molecule has 146 valence electrons. The average Bonchev–Trinajstić information content (AvgIpc) is 3.07. The van der Waals surface area contributed by atoms with E-state index in [0.29, 0.717) is 11.7 Å². The van der Waals surface area contributed by atoms with Crippen molar-refractivity contribution in [3.63, 3.8) is 0 Å². The molecule has 1 amide bonds. The molecule has 0 aliphatic heterocycles. The maximum Gasteiger partial charge on any atom is 0.237 e. The number of aryl methyl sites for hydroxylation is 1. The Bertz CT molecular complexity index is 1010. The number of hydrogen-bond acceptors (Lipinski definition) is 4. The zero-order valence-corrected chi connectivity index (χ0v) is 16.6. The number of carbonyl (C=O) groups is 1. The molecule has 0 radical (unpaired) electrons. The Morgan fingerprint density at radius 1 is 1.21 bits per heavy atom. The second-order valence-corrected chi connectivity index (χ2v) is 7.55. The van der Waals surface area contributed by atoms with Gasteiger partial charge in [0.1, 0.15) is 11.6 Å². The number of halogens is 2. The summed E-state index contributed by atoms with van der Waals surface area (Å²) in [6.07, 6.45) is 0. The van der Waals surface area contributed by atoms with E-state index in [4.69, 9.17) is 0 Å². The molecule has 0 aliphatic carbocycles. The van der Waals surface area contributed by atoms with Gasteiger partial charge in [-0.2, -0.15) is 0 Å². The quantitative estimate of drug-likeness (QED) is 0.609. The molecule has 0 aliphatic rings. The van der Waals surface area contributed by atoms with Crippen LogP contribution in [0.25, 0.3) is 11.4 Å². The van der Waals surface area contributed by atoms with E-state index in [1.54, 1.807) is 6.92 Å². The third-order valence-electron chi connectivity index (χ3n) is 4.26. The fourth-order valence-corrected chi connectivity index (χ4v) is 3.64. The molecule has 1 heterocycles. The first-order valence-electron chi connectivity index (χ1n) is 8.82. The Kier molecular flexibility index (Phi) is 6.08. The standard InChI is InChI=1S/C20H20F2N4OS/c1-4-26-18(15-8-6-5-7-12(15)2)24-25-20(26)28-13(3)19(27)23-17-11-14(21)9-10-16(17)22/h5-11,13H,4H2,1-3H3,(H,23,27)/t13-/m1/s1. The van der Waals surface area contributed by atoms with Crippen molar-refractivity contribution < 1.29 is 13.6 Å². The van der Waals surface area contributed by atoms with Crippen LogP contribution in [0.2, 0.25) is 0 Å². The monoisotopic (exact) mass is 402 g/mol. The number of benzene rings is 2. The largest absolute Gasteiger partial charge is 0.323 e. The van der Waals surface area contributed by atoms with E-state index in [2.05, 4.69) is 15.5 Å². The molecular formula is C20H20F2N4OS. The summed E-state index contributed by atoms with van der Waals surface area (Å²) >= 11 is 1.21. The van der Waals surface area contributed by atoms with Crippen LogP contribution in [0.15, 0.2) is 47.6 Å². The summed E-state index contributed by atoms with van der Waals surface area (Å²) in [5, 5.41) is 10.9. The number of rotatable bonds is 6. The molecule has 1 aromatic heterocycles. The lowest BCUT2D eigenvalue weighted by molar-refractivity contribution is -0.115. The predicted molar refractivity (Wildman–Crippen MR) is 106 cm³/mol. The van der Waals surface area contributed by atoms with Gasteiger partial charge in [-0.15, -0.1) is 10.2 Å². The minimum atomic E-state index is -0.689. The summed E-state index contributed by atoms with van der Waals surface area (Å²) in [5.74, 6) is -1.03. The van der Waals surface area contributed by atoms with E-state index in [0.717, 1.165) is 35.2 Å². The lowest BCUT2D eigenvalue weighted by Gasteiger charge is -2.13. The van der Waals surface area contributed by atoms with Crippen LogP contribution in [0, 0.1) is 18.6 Å². The second kappa shape index (κ2) is 8.52. The van der Waals surface area contributed by atoms with Crippen molar-refractivity contribution in [2.45, 2.75) is 37.7 Å². The molecule has 0 bridgehead atoms. The highest BCUT2D eigenvalue weighted by molar-refractivity contribution is 8.00. The first kappa shape index (κ1) is 20.0. The van der Waals surface area contributed by atoms with Crippen molar-refractivity contribution in [3.8, 4) is 11.4 Å². The van der Waals surface area contributed by atoms with Crippen LogP contribution < -0.4 is 5.32 Å². The van der Waals surface area contributed by atoms with Gasteiger partial charge in [-0.25, -0.2) is 8.78 Å². The van der Waals surface area contributed by atoms with Crippen LogP contribution in [0.4, 0.5) is 14.5 Å². The van der Waals surface area contributed by atoms with Gasteiger partial charge in [0, 0.05) is 18.2 Å². The molecule has 1 atom stereocenters. The van der Waals surface area contributed by atoms with Crippen LogP contribution in [-0.2, 0) is 11.3 Å². The molecule has 0 unspecified atom stereocenters. The summed E-state index contributed by atoms with van der Waals surface area (Å²) in [5.41, 5.74) is 1.87. The molecule has 2 aromatic carbocycles. The average molecular weight is 402 g/mol. The fourth-order valence-electron chi connectivity index (χ4n) is 2.72. The topological polar surface area (TPSA) is 59.8 Å². The van der Waals surface area contributed by atoms with Crippen molar-refractivity contribution in [2.24, 2.45) is 0 Å². The van der Waals surface area contributed by atoms with Gasteiger partial charge in [-0.3, -0.25) is 4.79 Å². The maximum atomic E-state index is 13.8. The zero-order chi connectivity index (χ0) is 20.3. The fraction of sp³-hybridized carbons (Fsp3) is 0.250. The Morgan fingerprint density at radius 2 is 1.96 bits per heavy atom. The van der Waals surface area contributed by atoms with E-state index in [-0.39, 0.29) is 5.69 Å². The normalized spacial score (nSPS) is 12.0. The van der Waals surface area contributed by atoms with E-state index in [1.807, 2.05) is 42.7 Å². The Balaban J connectivity index is 1.79. The molecule has 28 heavy (non-hydrogen) atoms. The summed E-state index contributed by atoms with van der Waals surface area (Å²) in [7, 11) is 0. The van der Waals surface area contributed by atoms with Crippen molar-refractivity contribution in [1.29, 1.82) is 0 Å². The van der Waals surface area contributed by atoms with Gasteiger partial charge in [-0.1, -0.05) is 36.0 Å². The molecular weight excluding hydrogens is 382 g/mol. The molecule has 3 rings (SSSR count). The zero-order valence-electron chi connectivity index (χ0n) is 15.7. The van der Waals surface area contributed by atoms with E-state index >= 15 is 0 Å². The second-order valence-electron chi connectivity index (χ2n) is 6.24. The Morgan fingerprint density at radius 3 is 2.68 bits per heavy atom. The van der Waals surface area contributed by atoms with Gasteiger partial charge >= 0.3 is 0 Å². The van der Waals surface area contributed by atoms with Gasteiger partial charge in [-0.05, 0) is 38.5 Å². The molecule has 0 fully saturated rings. The van der Waals surface area contributed by atoms with Crippen LogP contribution in [0.1, 0.15) is 19.4 Å². The third-order valence-corrected chi connectivity index (χ3v) is 5.34. The minimum Gasteiger partial charge on any atom is -0.323 e. The van der Waals surface area contributed by atoms with Crippen LogP contribution in [0.5, 0.6) is 0 Å². The van der Waals surface area contributed by atoms with Gasteiger partial charge in [0.05, 0.1) is 10.9 Å². The predicted octanol–water partition coefficient (Wildman–Crippen LogP) is 4.67. The molecule has 5 nitrogen and oxygen atoms in total. The minimum absolute atomic E-state index is 0.185. The van der Waals surface area contributed by atoms with E-state index in [9.17, 15) is 13.6 Å². The van der Waals surface area contributed by atoms with E-state index < -0.39 is 22.8 Å². The number of nitrogens with one attached hydrogen (secondary N) is 1. The molecule has 0 saturated carbocycles. The number of nitrogens with zero attached hydrogens (tertiary/aromatic N) is 3. The molecule has 1 N–H and O–H groups in total. The summed E-state index contributed by atoms with van der Waals surface area (Å²) in [6, 6.07) is 10.8. The lowest BCUT2D eigenvalue weighted by Crippen LogP contribution is -2.23. The first-order valence-corrected chi connectivity index (χ1v) is 9.70. The number of aromatic nitrogens is 3. The van der Waals surface area contributed by atoms with Gasteiger partial charge in [0.2, 0.25) is 5.91 Å². The number of carbonyl (C=O) groups excluding carboxylic acids is 1. The van der Waals surface area contributed by atoms with Crippen LogP contribution in [0.3, 0.4) is 0 Å². The maximum absolute atomic E-state index is 13.8. The Labute approximate surface area is 166 Å². The third kappa shape index (κ3) is 4.22. The highest BCUT2D eigenvalue weighted by Crippen LogP contribution is 2.29. The first-order chi connectivity index (χ1) is 13.4. The highest BCUT2D eigenvalue weighted by atomic mass is 32.2. The van der Waals surface area contributed by atoms with Crippen molar-refractivity contribution in [2.75, 3.05) is 5.32 Å². The summed E-state index contributed by atoms with van der Waals surface area (Å²) < 4.78 is 29.0. The van der Waals surface area contributed by atoms with Crippen molar-refractivity contribution in [3.05, 3.63) is 59.7 Å². The van der Waals surface area contributed by atoms with Crippen molar-refractivity contribution in [1.82, 2.24) is 14.8 Å². The molecule has 8 heteroatoms. The number of anilines is 1. The number of hydrogen-bond donors (Lipinski definition) is 1. The molecule has 0 spiro atoms. The lowest BCUT2D eigenvalue weighted by atomic mass is 10.1. The molecule has 0 saturated heterocycles. The smallest absolute Gasteiger partial charge is 0.237 e.